The van der Waals surface area contributed by atoms with E-state index in [9.17, 15) is 4.79 Å². The molecule has 114 valence electrons. The van der Waals surface area contributed by atoms with Gasteiger partial charge in [-0.1, -0.05) is 0 Å². The second kappa shape index (κ2) is 6.44. The monoisotopic (exact) mass is 300 g/mol. The molecule has 0 spiro atoms. The summed E-state index contributed by atoms with van der Waals surface area (Å²) in [5, 5.41) is 2.99. The molecule has 0 saturated carbocycles. The third-order valence-corrected chi connectivity index (χ3v) is 3.38. The van der Waals surface area contributed by atoms with Crippen LogP contribution in [0.5, 0.6) is 0 Å². The van der Waals surface area contributed by atoms with Crippen LogP contribution in [0.3, 0.4) is 0 Å². The fourth-order valence-electron chi connectivity index (χ4n) is 2.33. The van der Waals surface area contributed by atoms with Crippen molar-refractivity contribution in [2.75, 3.05) is 32.1 Å². The van der Waals surface area contributed by atoms with Crippen molar-refractivity contribution in [1.82, 2.24) is 24.8 Å². The molecule has 3 rings (SSSR count). The van der Waals surface area contributed by atoms with Crippen molar-refractivity contribution in [3.63, 3.8) is 0 Å². The third kappa shape index (κ3) is 2.86. The summed E-state index contributed by atoms with van der Waals surface area (Å²) < 4.78 is 5.75. The molecule has 1 aliphatic rings. The molecule has 3 heterocycles. The van der Waals surface area contributed by atoms with Crippen LogP contribution in [-0.2, 0) is 4.74 Å². The Kier molecular flexibility index (Phi) is 4.19. The molecule has 8 heteroatoms. The number of hydrogen-bond acceptors (Lipinski definition) is 7. The summed E-state index contributed by atoms with van der Waals surface area (Å²) in [4.78, 5) is 30.6. The average molecular weight is 300 g/mol. The van der Waals surface area contributed by atoms with E-state index in [4.69, 9.17) is 4.74 Å². The van der Waals surface area contributed by atoms with E-state index in [0.717, 1.165) is 0 Å². The summed E-state index contributed by atoms with van der Waals surface area (Å²) in [5.41, 5.74) is 0.691. The molecule has 1 saturated heterocycles. The highest BCUT2D eigenvalue weighted by molar-refractivity contribution is 5.90. The number of carbonyl (C=O) groups is 1. The summed E-state index contributed by atoms with van der Waals surface area (Å²) in [7, 11) is 1.77. The lowest BCUT2D eigenvalue weighted by atomic mass is 10.2. The van der Waals surface area contributed by atoms with Crippen molar-refractivity contribution in [3.8, 4) is 0 Å². The van der Waals surface area contributed by atoms with Crippen LogP contribution >= 0.6 is 0 Å². The van der Waals surface area contributed by atoms with Crippen molar-refractivity contribution in [2.24, 2.45) is 0 Å². The predicted molar refractivity (Wildman–Crippen MR) is 78.2 cm³/mol. The molecule has 0 radical (unpaired) electrons. The van der Waals surface area contributed by atoms with Gasteiger partial charge in [-0.2, -0.15) is 0 Å². The van der Waals surface area contributed by atoms with Crippen LogP contribution in [0.15, 0.2) is 30.9 Å². The van der Waals surface area contributed by atoms with E-state index in [-0.39, 0.29) is 17.8 Å². The Bertz CT molecular complexity index is 651. The molecule has 1 atom stereocenters. The number of rotatable bonds is 3. The number of morpholine rings is 1. The normalized spacial score (nSPS) is 18.0. The van der Waals surface area contributed by atoms with Gasteiger partial charge in [0.2, 0.25) is 5.82 Å². The predicted octanol–water partition coefficient (Wildman–Crippen LogP) is 0.522. The first-order valence-corrected chi connectivity index (χ1v) is 6.96. The molecule has 22 heavy (non-hydrogen) atoms. The zero-order valence-electron chi connectivity index (χ0n) is 12.1. The van der Waals surface area contributed by atoms with E-state index in [1.54, 1.807) is 42.8 Å². The molecular formula is C14H16N6O2. The van der Waals surface area contributed by atoms with E-state index >= 15 is 0 Å². The maximum Gasteiger partial charge on any atom is 0.291 e. The lowest BCUT2D eigenvalue weighted by molar-refractivity contribution is -0.0249. The van der Waals surface area contributed by atoms with Crippen molar-refractivity contribution in [3.05, 3.63) is 42.4 Å². The highest BCUT2D eigenvalue weighted by Gasteiger charge is 2.29. The summed E-state index contributed by atoms with van der Waals surface area (Å²) in [6.45, 7) is 1.33. The van der Waals surface area contributed by atoms with Crippen molar-refractivity contribution >= 4 is 11.7 Å². The minimum atomic E-state index is -0.322. The Hall–Kier alpha value is -2.61. The van der Waals surface area contributed by atoms with Crippen LogP contribution in [0.1, 0.15) is 22.4 Å². The topological polar surface area (TPSA) is 93.1 Å². The molecule has 0 aromatic carbocycles. The zero-order chi connectivity index (χ0) is 15.4. The van der Waals surface area contributed by atoms with Crippen LogP contribution in [0.4, 0.5) is 5.82 Å². The average Bonchev–Trinajstić information content (AvgIpc) is 2.62. The van der Waals surface area contributed by atoms with E-state index in [1.165, 1.54) is 0 Å². The Balaban J connectivity index is 1.78. The van der Waals surface area contributed by atoms with Crippen LogP contribution < -0.4 is 5.32 Å². The Morgan fingerprint density at radius 2 is 2.00 bits per heavy atom. The number of ether oxygens (including phenoxy) is 1. The standard InChI is InChI=1S/C14H16N6O2/c1-15-12-11(16-5-6-19-12)10-9-20(7-8-22-10)14(21)13-17-3-2-4-18-13/h2-6,10H,7-9H2,1H3,(H,15,19). The van der Waals surface area contributed by atoms with Crippen LogP contribution in [0, 0.1) is 0 Å². The molecule has 0 aliphatic carbocycles. The van der Waals surface area contributed by atoms with Crippen LogP contribution in [0.25, 0.3) is 0 Å². The molecular weight excluding hydrogens is 284 g/mol. The maximum absolute atomic E-state index is 12.4. The highest BCUT2D eigenvalue weighted by atomic mass is 16.5. The first kappa shape index (κ1) is 14.3. The quantitative estimate of drug-likeness (QED) is 0.883. The Morgan fingerprint density at radius 1 is 1.23 bits per heavy atom. The molecule has 8 nitrogen and oxygen atoms in total. The zero-order valence-corrected chi connectivity index (χ0v) is 12.1. The van der Waals surface area contributed by atoms with Gasteiger partial charge in [0, 0.05) is 38.4 Å². The SMILES string of the molecule is CNc1nccnc1C1CN(C(=O)c2ncccn2)CCO1. The van der Waals surface area contributed by atoms with Gasteiger partial charge < -0.3 is 15.0 Å². The molecule has 1 fully saturated rings. The van der Waals surface area contributed by atoms with Gasteiger partial charge in [-0.05, 0) is 6.07 Å². The maximum atomic E-state index is 12.4. The van der Waals surface area contributed by atoms with Gasteiger partial charge in [0.1, 0.15) is 17.6 Å². The minimum absolute atomic E-state index is 0.191. The fourth-order valence-corrected chi connectivity index (χ4v) is 2.33. The fraction of sp³-hybridized carbons (Fsp3) is 0.357. The lowest BCUT2D eigenvalue weighted by Gasteiger charge is -2.32. The van der Waals surface area contributed by atoms with Gasteiger partial charge in [0.25, 0.3) is 5.91 Å². The number of carbonyl (C=O) groups excluding carboxylic acids is 1. The summed E-state index contributed by atoms with van der Waals surface area (Å²) in [6.07, 6.45) is 6.01. The first-order chi connectivity index (χ1) is 10.8. The molecule has 1 aliphatic heterocycles. The molecule has 2 aromatic rings. The van der Waals surface area contributed by atoms with Crippen molar-refractivity contribution in [1.29, 1.82) is 0 Å². The molecule has 0 bridgehead atoms. The Morgan fingerprint density at radius 3 is 2.77 bits per heavy atom. The summed E-state index contributed by atoms with van der Waals surface area (Å²) in [6, 6.07) is 1.68. The van der Waals surface area contributed by atoms with Gasteiger partial charge in [0.15, 0.2) is 0 Å². The lowest BCUT2D eigenvalue weighted by Crippen LogP contribution is -2.43. The van der Waals surface area contributed by atoms with Gasteiger partial charge in [-0.3, -0.25) is 9.78 Å². The van der Waals surface area contributed by atoms with E-state index in [2.05, 4.69) is 25.3 Å². The second-order valence-electron chi connectivity index (χ2n) is 4.72. The molecule has 1 unspecified atom stereocenters. The van der Waals surface area contributed by atoms with Gasteiger partial charge >= 0.3 is 0 Å². The van der Waals surface area contributed by atoms with Crippen molar-refractivity contribution in [2.45, 2.75) is 6.10 Å². The van der Waals surface area contributed by atoms with Crippen LogP contribution in [0.2, 0.25) is 0 Å². The minimum Gasteiger partial charge on any atom is -0.372 e. The van der Waals surface area contributed by atoms with Gasteiger partial charge in [-0.15, -0.1) is 0 Å². The Labute approximate surface area is 127 Å². The van der Waals surface area contributed by atoms with E-state index < -0.39 is 0 Å². The van der Waals surface area contributed by atoms with Gasteiger partial charge in [-0.25, -0.2) is 15.0 Å². The number of nitrogens with one attached hydrogen (secondary N) is 1. The summed E-state index contributed by atoms with van der Waals surface area (Å²) in [5.74, 6) is 0.637. The third-order valence-electron chi connectivity index (χ3n) is 3.38. The number of aromatic nitrogens is 4. The van der Waals surface area contributed by atoms with Crippen LogP contribution in [-0.4, -0.2) is 57.5 Å². The smallest absolute Gasteiger partial charge is 0.291 e. The van der Waals surface area contributed by atoms with Crippen molar-refractivity contribution < 1.29 is 9.53 Å². The number of nitrogens with zero attached hydrogens (tertiary/aromatic N) is 5. The summed E-state index contributed by atoms with van der Waals surface area (Å²) >= 11 is 0. The number of hydrogen-bond donors (Lipinski definition) is 1. The largest absolute Gasteiger partial charge is 0.372 e. The number of anilines is 1. The molecule has 2 aromatic heterocycles. The molecule has 1 N–H and O–H groups in total. The van der Waals surface area contributed by atoms with E-state index in [0.29, 0.717) is 31.2 Å². The highest BCUT2D eigenvalue weighted by Crippen LogP contribution is 2.25. The van der Waals surface area contributed by atoms with E-state index in [1.807, 2.05) is 0 Å². The first-order valence-electron chi connectivity index (χ1n) is 6.96. The number of amides is 1. The van der Waals surface area contributed by atoms with Gasteiger partial charge in [0.05, 0.1) is 13.2 Å². The second-order valence-corrected chi connectivity index (χ2v) is 4.72. The molecule has 1 amide bonds.